The molecule has 0 aliphatic carbocycles. The Morgan fingerprint density at radius 3 is 2.69 bits per heavy atom. The number of benzene rings is 1. The second-order valence-corrected chi connectivity index (χ2v) is 8.22. The maximum Gasteiger partial charge on any atom is 0.341 e. The molecule has 1 aromatic carbocycles. The molecule has 8 nitrogen and oxygen atoms in total. The van der Waals surface area contributed by atoms with Crippen LogP contribution >= 0.6 is 0 Å². The lowest BCUT2D eigenvalue weighted by Gasteiger charge is -2.33. The molecule has 0 radical (unpaired) electrons. The van der Waals surface area contributed by atoms with Crippen molar-refractivity contribution in [2.75, 3.05) is 20.2 Å². The SMILES string of the molecule is COc1cncc(OC2CCCN(C(=O)c3ccccc3S(=O)(=O)C(F)F)C2)n1. The number of ether oxygens (including phenoxy) is 2. The number of carbonyl (C=O) groups is 1. The van der Waals surface area contributed by atoms with Gasteiger partial charge in [-0.1, -0.05) is 12.1 Å². The Kier molecular flexibility index (Phi) is 6.26. The van der Waals surface area contributed by atoms with Gasteiger partial charge in [-0.05, 0) is 25.0 Å². The third kappa shape index (κ3) is 4.61. The standard InChI is InChI=1S/C18H19F2N3O5S/c1-27-15-9-21-10-16(22-15)28-12-5-4-8-23(11-12)17(24)13-6-2-3-7-14(13)29(25,26)18(19)20/h2-3,6-7,9-10,12,18H,4-5,8,11H2,1H3. The van der Waals surface area contributed by atoms with Gasteiger partial charge in [0.25, 0.3) is 5.91 Å². The summed E-state index contributed by atoms with van der Waals surface area (Å²) >= 11 is 0. The smallest absolute Gasteiger partial charge is 0.341 e. The fourth-order valence-electron chi connectivity index (χ4n) is 3.03. The van der Waals surface area contributed by atoms with Gasteiger partial charge >= 0.3 is 5.76 Å². The Hall–Kier alpha value is -2.82. The molecule has 156 valence electrons. The molecule has 2 heterocycles. The highest BCUT2D eigenvalue weighted by molar-refractivity contribution is 7.91. The number of piperidine rings is 1. The van der Waals surface area contributed by atoms with Crippen molar-refractivity contribution in [3.8, 4) is 11.8 Å². The van der Waals surface area contributed by atoms with E-state index in [1.165, 1.54) is 42.6 Å². The molecule has 0 N–H and O–H groups in total. The summed E-state index contributed by atoms with van der Waals surface area (Å²) in [7, 11) is -3.46. The van der Waals surface area contributed by atoms with Crippen molar-refractivity contribution < 1.29 is 31.5 Å². The fourth-order valence-corrected chi connectivity index (χ4v) is 3.96. The lowest BCUT2D eigenvalue weighted by Crippen LogP contribution is -2.44. The minimum atomic E-state index is -4.91. The first-order valence-electron chi connectivity index (χ1n) is 8.76. The third-order valence-corrected chi connectivity index (χ3v) is 5.85. The average Bonchev–Trinajstić information content (AvgIpc) is 2.73. The van der Waals surface area contributed by atoms with E-state index in [2.05, 4.69) is 9.97 Å². The van der Waals surface area contributed by atoms with Gasteiger partial charge < -0.3 is 14.4 Å². The number of nitrogens with zero attached hydrogens (tertiary/aromatic N) is 3. The summed E-state index contributed by atoms with van der Waals surface area (Å²) in [6.07, 6.45) is 3.66. The number of hydrogen-bond acceptors (Lipinski definition) is 7. The molecular weight excluding hydrogens is 408 g/mol. The minimum absolute atomic E-state index is 0.154. The van der Waals surface area contributed by atoms with Crippen LogP contribution in [0.2, 0.25) is 0 Å². The van der Waals surface area contributed by atoms with E-state index in [0.29, 0.717) is 19.4 Å². The van der Waals surface area contributed by atoms with Gasteiger partial charge in [0.2, 0.25) is 21.6 Å². The molecule has 11 heteroatoms. The molecule has 0 bridgehead atoms. The molecule has 1 saturated heterocycles. The lowest BCUT2D eigenvalue weighted by atomic mass is 10.1. The zero-order valence-corrected chi connectivity index (χ0v) is 16.3. The maximum atomic E-state index is 13.0. The van der Waals surface area contributed by atoms with Crippen LogP contribution in [0.3, 0.4) is 0 Å². The van der Waals surface area contributed by atoms with Crippen molar-refractivity contribution >= 4 is 15.7 Å². The van der Waals surface area contributed by atoms with Crippen LogP contribution in [0.15, 0.2) is 41.6 Å². The van der Waals surface area contributed by atoms with Crippen molar-refractivity contribution in [2.45, 2.75) is 29.6 Å². The molecule has 1 unspecified atom stereocenters. The monoisotopic (exact) mass is 427 g/mol. The molecule has 29 heavy (non-hydrogen) atoms. The van der Waals surface area contributed by atoms with Crippen LogP contribution in [0.25, 0.3) is 0 Å². The number of aromatic nitrogens is 2. The number of carbonyl (C=O) groups excluding carboxylic acids is 1. The van der Waals surface area contributed by atoms with Crippen molar-refractivity contribution in [3.63, 3.8) is 0 Å². The van der Waals surface area contributed by atoms with Gasteiger partial charge in [-0.15, -0.1) is 0 Å². The molecule has 1 aliphatic heterocycles. The highest BCUT2D eigenvalue weighted by Gasteiger charge is 2.33. The number of amides is 1. The number of methoxy groups -OCH3 is 1. The molecule has 0 saturated carbocycles. The Labute approximate surface area is 166 Å². The van der Waals surface area contributed by atoms with Gasteiger partial charge in [0.1, 0.15) is 6.10 Å². The van der Waals surface area contributed by atoms with Crippen LogP contribution in [0.4, 0.5) is 8.78 Å². The summed E-state index contributed by atoms with van der Waals surface area (Å²) in [5.74, 6) is -3.75. The topological polar surface area (TPSA) is 98.7 Å². The average molecular weight is 427 g/mol. The number of halogens is 2. The first-order chi connectivity index (χ1) is 13.8. The van der Waals surface area contributed by atoms with Gasteiger partial charge in [0.05, 0.1) is 36.5 Å². The van der Waals surface area contributed by atoms with Crippen molar-refractivity contribution in [2.24, 2.45) is 0 Å². The van der Waals surface area contributed by atoms with Crippen LogP contribution in [-0.2, 0) is 9.84 Å². The summed E-state index contributed by atoms with van der Waals surface area (Å²) in [5, 5.41) is 0. The number of rotatable bonds is 6. The predicted molar refractivity (Wildman–Crippen MR) is 97.8 cm³/mol. The summed E-state index contributed by atoms with van der Waals surface area (Å²) in [6, 6.07) is 4.98. The maximum absolute atomic E-state index is 13.0. The van der Waals surface area contributed by atoms with E-state index >= 15 is 0 Å². The summed E-state index contributed by atoms with van der Waals surface area (Å²) in [6.45, 7) is 0.506. The summed E-state index contributed by atoms with van der Waals surface area (Å²) in [4.78, 5) is 21.7. The molecule has 1 amide bonds. The van der Waals surface area contributed by atoms with Crippen molar-refractivity contribution in [1.82, 2.24) is 14.9 Å². The van der Waals surface area contributed by atoms with Gasteiger partial charge in [-0.25, -0.2) is 8.42 Å². The Morgan fingerprint density at radius 2 is 1.97 bits per heavy atom. The summed E-state index contributed by atoms with van der Waals surface area (Å²) in [5.41, 5.74) is -0.283. The second kappa shape index (κ2) is 8.68. The highest BCUT2D eigenvalue weighted by Crippen LogP contribution is 2.25. The number of likely N-dealkylation sites (tertiary alicyclic amines) is 1. The Balaban J connectivity index is 1.78. The van der Waals surface area contributed by atoms with Crippen LogP contribution in [0, 0.1) is 0 Å². The first kappa shape index (κ1) is 20.9. The fraction of sp³-hybridized carbons (Fsp3) is 0.389. The van der Waals surface area contributed by atoms with E-state index in [9.17, 15) is 22.0 Å². The van der Waals surface area contributed by atoms with Crippen molar-refractivity contribution in [1.29, 1.82) is 0 Å². The molecule has 1 fully saturated rings. The molecule has 1 aliphatic rings. The van der Waals surface area contributed by atoms with Gasteiger partial charge in [0.15, 0.2) is 0 Å². The van der Waals surface area contributed by atoms with E-state index in [1.807, 2.05) is 0 Å². The van der Waals surface area contributed by atoms with Crippen LogP contribution in [0.5, 0.6) is 11.8 Å². The number of alkyl halides is 2. The third-order valence-electron chi connectivity index (χ3n) is 4.41. The Morgan fingerprint density at radius 1 is 1.24 bits per heavy atom. The molecular formula is C18H19F2N3O5S. The van der Waals surface area contributed by atoms with E-state index in [1.54, 1.807) is 0 Å². The largest absolute Gasteiger partial charge is 0.480 e. The van der Waals surface area contributed by atoms with Crippen LogP contribution in [-0.4, -0.2) is 61.3 Å². The predicted octanol–water partition coefficient (Wildman–Crippen LogP) is 2.17. The molecule has 1 aromatic heterocycles. The quantitative estimate of drug-likeness (QED) is 0.697. The van der Waals surface area contributed by atoms with E-state index < -0.39 is 32.5 Å². The van der Waals surface area contributed by atoms with Crippen molar-refractivity contribution in [3.05, 3.63) is 42.2 Å². The molecule has 2 aromatic rings. The van der Waals surface area contributed by atoms with E-state index in [-0.39, 0.29) is 23.9 Å². The zero-order chi connectivity index (χ0) is 21.0. The van der Waals surface area contributed by atoms with Crippen LogP contribution in [0.1, 0.15) is 23.2 Å². The molecule has 1 atom stereocenters. The van der Waals surface area contributed by atoms with Gasteiger partial charge in [-0.2, -0.15) is 13.8 Å². The van der Waals surface area contributed by atoms with Gasteiger partial charge in [0, 0.05) is 6.54 Å². The number of sulfone groups is 1. The number of hydrogen-bond donors (Lipinski definition) is 0. The summed E-state index contributed by atoms with van der Waals surface area (Å²) < 4.78 is 60.6. The minimum Gasteiger partial charge on any atom is -0.480 e. The van der Waals surface area contributed by atoms with Gasteiger partial charge in [-0.3, -0.25) is 9.78 Å². The lowest BCUT2D eigenvalue weighted by molar-refractivity contribution is 0.0522. The zero-order valence-electron chi connectivity index (χ0n) is 15.5. The first-order valence-corrected chi connectivity index (χ1v) is 10.3. The van der Waals surface area contributed by atoms with Crippen LogP contribution < -0.4 is 9.47 Å². The molecule has 3 rings (SSSR count). The van der Waals surface area contributed by atoms with E-state index in [4.69, 9.17) is 9.47 Å². The normalized spacial score (nSPS) is 17.2. The highest BCUT2D eigenvalue weighted by atomic mass is 32.2. The second-order valence-electron chi connectivity index (χ2n) is 6.33. The van der Waals surface area contributed by atoms with E-state index in [0.717, 1.165) is 6.07 Å². The Bertz CT molecular complexity index is 987. The molecule has 0 spiro atoms.